The van der Waals surface area contributed by atoms with Crippen molar-refractivity contribution in [2.45, 2.75) is 20.0 Å². The molecule has 0 aliphatic carbocycles. The van der Waals surface area contributed by atoms with Crippen LogP contribution in [0.1, 0.15) is 13.8 Å². The van der Waals surface area contributed by atoms with Crippen LogP contribution >= 0.6 is 0 Å². The highest BCUT2D eigenvalue weighted by molar-refractivity contribution is 7.92. The third-order valence-corrected chi connectivity index (χ3v) is 4.47. The molecule has 0 aliphatic rings. The minimum Gasteiger partial charge on any atom is -0.489 e. The van der Waals surface area contributed by atoms with E-state index in [0.717, 1.165) is 22.7 Å². The molecule has 0 aromatic heterocycles. The molecule has 0 aliphatic heterocycles. The van der Waals surface area contributed by atoms with Crippen molar-refractivity contribution in [3.05, 3.63) is 54.3 Å². The second kappa shape index (κ2) is 8.18. The van der Waals surface area contributed by atoms with Crippen molar-refractivity contribution in [2.24, 2.45) is 0 Å². The zero-order chi connectivity index (χ0) is 19.3. The highest BCUT2D eigenvalue weighted by atomic mass is 32.2. The number of carbonyl (C=O) groups excluding carboxylic acids is 1. The number of para-hydroxylation sites is 2. The summed E-state index contributed by atoms with van der Waals surface area (Å²) in [6, 6.07) is 11.8. The molecule has 2 rings (SSSR count). The number of nitrogens with zero attached hydrogens (tertiary/aromatic N) is 1. The average Bonchev–Trinajstić information content (AvgIpc) is 2.54. The van der Waals surface area contributed by atoms with Crippen LogP contribution in [0.4, 0.5) is 15.8 Å². The Morgan fingerprint density at radius 3 is 2.35 bits per heavy atom. The Morgan fingerprint density at radius 1 is 1.15 bits per heavy atom. The second-order valence-electron chi connectivity index (χ2n) is 5.96. The van der Waals surface area contributed by atoms with Crippen LogP contribution in [0.25, 0.3) is 0 Å². The molecule has 2 aromatic carbocycles. The number of hydrogen-bond acceptors (Lipinski definition) is 4. The molecular weight excluding hydrogens is 359 g/mol. The van der Waals surface area contributed by atoms with E-state index in [1.807, 2.05) is 13.8 Å². The lowest BCUT2D eigenvalue weighted by molar-refractivity contribution is -0.114. The van der Waals surface area contributed by atoms with E-state index in [9.17, 15) is 17.6 Å². The van der Waals surface area contributed by atoms with E-state index < -0.39 is 28.3 Å². The summed E-state index contributed by atoms with van der Waals surface area (Å²) >= 11 is 0. The normalized spacial score (nSPS) is 11.3. The maximum absolute atomic E-state index is 13.1. The summed E-state index contributed by atoms with van der Waals surface area (Å²) in [6.07, 6.45) is 0.902. The fourth-order valence-corrected chi connectivity index (χ4v) is 3.11. The molecule has 0 spiro atoms. The maximum atomic E-state index is 13.1. The smallest absolute Gasteiger partial charge is 0.245 e. The molecule has 140 valence electrons. The van der Waals surface area contributed by atoms with E-state index in [2.05, 4.69) is 5.32 Å². The van der Waals surface area contributed by atoms with Crippen molar-refractivity contribution in [3.8, 4) is 5.75 Å². The molecule has 0 unspecified atom stereocenters. The van der Waals surface area contributed by atoms with Gasteiger partial charge in [0.2, 0.25) is 15.9 Å². The number of nitrogens with one attached hydrogen (secondary N) is 1. The van der Waals surface area contributed by atoms with Gasteiger partial charge in [0, 0.05) is 0 Å². The monoisotopic (exact) mass is 380 g/mol. The summed E-state index contributed by atoms with van der Waals surface area (Å²) in [6.45, 7) is 3.28. The number of carbonyl (C=O) groups is 1. The Hall–Kier alpha value is -2.61. The minimum atomic E-state index is -3.73. The number of ether oxygens (including phenoxy) is 1. The molecule has 1 N–H and O–H groups in total. The Balaban J connectivity index is 2.20. The Morgan fingerprint density at radius 2 is 1.77 bits per heavy atom. The van der Waals surface area contributed by atoms with Gasteiger partial charge in [-0.1, -0.05) is 12.1 Å². The van der Waals surface area contributed by atoms with Gasteiger partial charge in [0.15, 0.2) is 0 Å². The lowest BCUT2D eigenvalue weighted by Gasteiger charge is -2.22. The van der Waals surface area contributed by atoms with Gasteiger partial charge in [0.1, 0.15) is 18.1 Å². The zero-order valence-electron chi connectivity index (χ0n) is 14.8. The third kappa shape index (κ3) is 5.45. The van der Waals surface area contributed by atoms with Crippen molar-refractivity contribution in [2.75, 3.05) is 22.4 Å². The summed E-state index contributed by atoms with van der Waals surface area (Å²) in [5, 5.41) is 2.66. The van der Waals surface area contributed by atoms with Crippen LogP contribution in [0.3, 0.4) is 0 Å². The first kappa shape index (κ1) is 19.7. The molecule has 0 radical (unpaired) electrons. The summed E-state index contributed by atoms with van der Waals surface area (Å²) in [5.41, 5.74) is 0.648. The van der Waals surface area contributed by atoms with Crippen LogP contribution in [0.2, 0.25) is 0 Å². The first-order chi connectivity index (χ1) is 12.2. The fraction of sp³-hybridized carbons (Fsp3) is 0.278. The Bertz CT molecular complexity index is 867. The third-order valence-electron chi connectivity index (χ3n) is 3.33. The molecule has 0 fully saturated rings. The summed E-state index contributed by atoms with van der Waals surface area (Å²) in [7, 11) is -3.73. The average molecular weight is 380 g/mol. The van der Waals surface area contributed by atoms with Gasteiger partial charge in [-0.3, -0.25) is 9.10 Å². The van der Waals surface area contributed by atoms with E-state index in [4.69, 9.17) is 4.74 Å². The summed E-state index contributed by atoms with van der Waals surface area (Å²) in [5.74, 6) is -0.547. The van der Waals surface area contributed by atoms with Gasteiger partial charge in [0.05, 0.1) is 23.7 Å². The van der Waals surface area contributed by atoms with Crippen LogP contribution < -0.4 is 14.4 Å². The van der Waals surface area contributed by atoms with Gasteiger partial charge >= 0.3 is 0 Å². The van der Waals surface area contributed by atoms with Gasteiger partial charge in [-0.15, -0.1) is 0 Å². The SMILES string of the molecule is CC(C)Oc1ccccc1NC(=O)CN(c1ccc(F)cc1)S(C)(=O)=O. The fourth-order valence-electron chi connectivity index (χ4n) is 2.25. The zero-order valence-corrected chi connectivity index (χ0v) is 15.6. The van der Waals surface area contributed by atoms with Crippen molar-refractivity contribution >= 4 is 27.3 Å². The summed E-state index contributed by atoms with van der Waals surface area (Å²) < 4.78 is 43.7. The Labute approximate surface area is 152 Å². The molecule has 26 heavy (non-hydrogen) atoms. The van der Waals surface area contributed by atoms with Crippen molar-refractivity contribution in [1.29, 1.82) is 0 Å². The van der Waals surface area contributed by atoms with Gasteiger partial charge in [0.25, 0.3) is 0 Å². The number of benzene rings is 2. The molecule has 8 heteroatoms. The molecule has 6 nitrogen and oxygen atoms in total. The van der Waals surface area contributed by atoms with Crippen molar-refractivity contribution in [3.63, 3.8) is 0 Å². The van der Waals surface area contributed by atoms with Crippen LogP contribution in [-0.4, -0.2) is 33.2 Å². The van der Waals surface area contributed by atoms with Crippen LogP contribution in [-0.2, 0) is 14.8 Å². The van der Waals surface area contributed by atoms with Gasteiger partial charge in [-0.2, -0.15) is 0 Å². The lowest BCUT2D eigenvalue weighted by Crippen LogP contribution is -2.37. The largest absolute Gasteiger partial charge is 0.489 e. The number of halogens is 1. The molecule has 2 aromatic rings. The minimum absolute atomic E-state index is 0.0835. The Kier molecular flexibility index (Phi) is 6.20. The standard InChI is InChI=1S/C18H21FN2O4S/c1-13(2)25-17-7-5-4-6-16(17)20-18(22)12-21(26(3,23)24)15-10-8-14(19)9-11-15/h4-11,13H,12H2,1-3H3,(H,20,22). The van der Waals surface area contributed by atoms with E-state index in [1.54, 1.807) is 24.3 Å². The highest BCUT2D eigenvalue weighted by Gasteiger charge is 2.21. The van der Waals surface area contributed by atoms with Gasteiger partial charge < -0.3 is 10.1 Å². The maximum Gasteiger partial charge on any atom is 0.245 e. The highest BCUT2D eigenvalue weighted by Crippen LogP contribution is 2.25. The number of sulfonamides is 1. The molecule has 0 bridgehead atoms. The molecule has 0 heterocycles. The van der Waals surface area contributed by atoms with Crippen LogP contribution in [0.5, 0.6) is 5.75 Å². The topological polar surface area (TPSA) is 75.7 Å². The first-order valence-electron chi connectivity index (χ1n) is 7.95. The van der Waals surface area contributed by atoms with Crippen molar-refractivity contribution < 1.29 is 22.3 Å². The van der Waals surface area contributed by atoms with E-state index in [-0.39, 0.29) is 11.8 Å². The quantitative estimate of drug-likeness (QED) is 0.801. The number of anilines is 2. The van der Waals surface area contributed by atoms with Crippen molar-refractivity contribution in [1.82, 2.24) is 0 Å². The predicted molar refractivity (Wildman–Crippen MR) is 99.4 cm³/mol. The molecule has 0 saturated heterocycles. The van der Waals surface area contributed by atoms with Gasteiger partial charge in [-0.25, -0.2) is 12.8 Å². The summed E-state index contributed by atoms with van der Waals surface area (Å²) in [4.78, 5) is 12.4. The number of amides is 1. The molecule has 1 amide bonds. The predicted octanol–water partition coefficient (Wildman–Crippen LogP) is 3.02. The molecular formula is C18H21FN2O4S. The lowest BCUT2D eigenvalue weighted by atomic mass is 10.2. The van der Waals surface area contributed by atoms with Crippen LogP contribution in [0, 0.1) is 5.82 Å². The van der Waals surface area contributed by atoms with E-state index >= 15 is 0 Å². The van der Waals surface area contributed by atoms with E-state index in [0.29, 0.717) is 11.4 Å². The number of rotatable bonds is 7. The van der Waals surface area contributed by atoms with Gasteiger partial charge in [-0.05, 0) is 50.2 Å². The second-order valence-corrected chi connectivity index (χ2v) is 7.86. The first-order valence-corrected chi connectivity index (χ1v) is 9.80. The molecule has 0 saturated carbocycles. The van der Waals surface area contributed by atoms with E-state index in [1.165, 1.54) is 12.1 Å². The number of hydrogen-bond donors (Lipinski definition) is 1. The van der Waals surface area contributed by atoms with Crippen LogP contribution in [0.15, 0.2) is 48.5 Å². The molecule has 0 atom stereocenters.